The summed E-state index contributed by atoms with van der Waals surface area (Å²) in [5, 5.41) is 0. The van der Waals surface area contributed by atoms with Crippen molar-refractivity contribution in [3.63, 3.8) is 0 Å². The smallest absolute Gasteiger partial charge is 0.241 e. The normalized spacial score (nSPS) is 10.4. The topological polar surface area (TPSA) is 56.0 Å². The first-order valence-corrected chi connectivity index (χ1v) is 3.59. The van der Waals surface area contributed by atoms with Crippen LogP contribution < -0.4 is 5.73 Å². The van der Waals surface area contributed by atoms with Crippen LogP contribution in [0.3, 0.4) is 0 Å². The highest BCUT2D eigenvalue weighted by molar-refractivity contribution is 5.89. The largest absolute Gasteiger partial charge is 0.366 e. The van der Waals surface area contributed by atoms with E-state index in [1.165, 1.54) is 6.08 Å². The highest BCUT2D eigenvalue weighted by atomic mass is 16.1. The molecule has 0 saturated heterocycles. The quantitative estimate of drug-likeness (QED) is 0.656. The van der Waals surface area contributed by atoms with Gasteiger partial charge in [0.05, 0.1) is 5.69 Å². The van der Waals surface area contributed by atoms with Gasteiger partial charge in [0.25, 0.3) is 0 Å². The first-order chi connectivity index (χ1) is 5.68. The third-order valence-electron chi connectivity index (χ3n) is 1.33. The first-order valence-electron chi connectivity index (χ1n) is 3.59. The molecule has 0 saturated carbocycles. The molecule has 62 valence electrons. The molecule has 0 unspecified atom stereocenters. The van der Waals surface area contributed by atoms with Gasteiger partial charge < -0.3 is 5.73 Å². The Morgan fingerprint density at radius 2 is 2.33 bits per heavy atom. The summed E-state index contributed by atoms with van der Waals surface area (Å²) in [5.74, 6) is -0.460. The van der Waals surface area contributed by atoms with Crippen LogP contribution in [0.1, 0.15) is 11.4 Å². The zero-order valence-electron chi connectivity index (χ0n) is 6.82. The highest BCUT2D eigenvalue weighted by Crippen LogP contribution is 1.99. The minimum absolute atomic E-state index is 0.460. The van der Waals surface area contributed by atoms with Gasteiger partial charge in [-0.15, -0.1) is 0 Å². The monoisotopic (exact) mass is 162 g/mol. The molecular weight excluding hydrogens is 152 g/mol. The second-order valence-corrected chi connectivity index (χ2v) is 2.44. The van der Waals surface area contributed by atoms with E-state index in [0.717, 1.165) is 11.4 Å². The molecule has 12 heavy (non-hydrogen) atoms. The van der Waals surface area contributed by atoms with Crippen LogP contribution in [0, 0.1) is 6.92 Å². The number of amides is 1. The maximum absolute atomic E-state index is 10.4. The number of nitrogens with zero attached hydrogens (tertiary/aromatic N) is 1. The van der Waals surface area contributed by atoms with Crippen LogP contribution in [0.2, 0.25) is 0 Å². The summed E-state index contributed by atoms with van der Waals surface area (Å²) in [4.78, 5) is 14.5. The fourth-order valence-corrected chi connectivity index (χ4v) is 0.824. The molecule has 0 bridgehead atoms. The van der Waals surface area contributed by atoms with Crippen molar-refractivity contribution < 1.29 is 4.79 Å². The van der Waals surface area contributed by atoms with Gasteiger partial charge in [-0.2, -0.15) is 0 Å². The van der Waals surface area contributed by atoms with Crippen molar-refractivity contribution in [2.45, 2.75) is 6.92 Å². The molecule has 0 aliphatic carbocycles. The van der Waals surface area contributed by atoms with Gasteiger partial charge in [-0.05, 0) is 25.1 Å². The number of rotatable bonds is 2. The molecule has 0 spiro atoms. The lowest BCUT2D eigenvalue weighted by atomic mass is 10.3. The fourth-order valence-electron chi connectivity index (χ4n) is 0.824. The number of carbonyl (C=O) groups is 1. The Morgan fingerprint density at radius 3 is 2.92 bits per heavy atom. The van der Waals surface area contributed by atoms with Crippen molar-refractivity contribution in [3.8, 4) is 0 Å². The van der Waals surface area contributed by atoms with Crippen LogP contribution in [0.15, 0.2) is 24.3 Å². The van der Waals surface area contributed by atoms with E-state index >= 15 is 0 Å². The summed E-state index contributed by atoms with van der Waals surface area (Å²) in [6.07, 6.45) is 2.89. The van der Waals surface area contributed by atoms with Crippen molar-refractivity contribution >= 4 is 12.0 Å². The van der Waals surface area contributed by atoms with Crippen molar-refractivity contribution in [2.75, 3.05) is 0 Å². The van der Waals surface area contributed by atoms with Gasteiger partial charge >= 0.3 is 0 Å². The minimum atomic E-state index is -0.460. The molecule has 1 aromatic heterocycles. The predicted molar refractivity (Wildman–Crippen MR) is 47.2 cm³/mol. The lowest BCUT2D eigenvalue weighted by Crippen LogP contribution is -2.05. The highest BCUT2D eigenvalue weighted by Gasteiger charge is 1.89. The van der Waals surface area contributed by atoms with Gasteiger partial charge in [0.2, 0.25) is 5.91 Å². The maximum Gasteiger partial charge on any atom is 0.241 e. The van der Waals surface area contributed by atoms with E-state index in [2.05, 4.69) is 4.98 Å². The molecule has 1 heterocycles. The molecule has 1 rings (SSSR count). The summed E-state index contributed by atoms with van der Waals surface area (Å²) in [7, 11) is 0. The molecule has 1 aromatic rings. The van der Waals surface area contributed by atoms with Gasteiger partial charge in [0.1, 0.15) is 0 Å². The summed E-state index contributed by atoms with van der Waals surface area (Å²) in [5.41, 5.74) is 6.59. The fraction of sp³-hybridized carbons (Fsp3) is 0.111. The summed E-state index contributed by atoms with van der Waals surface area (Å²) in [6, 6.07) is 5.58. The van der Waals surface area contributed by atoms with Crippen LogP contribution >= 0.6 is 0 Å². The molecule has 0 radical (unpaired) electrons. The van der Waals surface area contributed by atoms with E-state index in [0.29, 0.717) is 0 Å². The number of primary amides is 1. The minimum Gasteiger partial charge on any atom is -0.366 e. The van der Waals surface area contributed by atoms with Gasteiger partial charge in [0, 0.05) is 11.8 Å². The summed E-state index contributed by atoms with van der Waals surface area (Å²) < 4.78 is 0. The second-order valence-electron chi connectivity index (χ2n) is 2.44. The van der Waals surface area contributed by atoms with Crippen LogP contribution in [0.4, 0.5) is 0 Å². The number of pyridine rings is 1. The Bertz CT molecular complexity index is 318. The van der Waals surface area contributed by atoms with Crippen molar-refractivity contribution in [1.82, 2.24) is 4.98 Å². The van der Waals surface area contributed by atoms with Crippen LogP contribution in [-0.2, 0) is 4.79 Å². The number of hydrogen-bond acceptors (Lipinski definition) is 2. The maximum atomic E-state index is 10.4. The summed E-state index contributed by atoms with van der Waals surface area (Å²) >= 11 is 0. The van der Waals surface area contributed by atoms with E-state index in [4.69, 9.17) is 5.73 Å². The van der Waals surface area contributed by atoms with Gasteiger partial charge in [-0.3, -0.25) is 9.78 Å². The Hall–Kier alpha value is -1.64. The number of carbonyl (C=O) groups excluding carboxylic acids is 1. The number of nitrogens with two attached hydrogens (primary N) is 1. The lowest BCUT2D eigenvalue weighted by Gasteiger charge is -1.93. The Balaban J connectivity index is 2.83. The zero-order valence-corrected chi connectivity index (χ0v) is 6.82. The van der Waals surface area contributed by atoms with E-state index in [9.17, 15) is 4.79 Å². The third-order valence-corrected chi connectivity index (χ3v) is 1.33. The van der Waals surface area contributed by atoms with E-state index in [-0.39, 0.29) is 0 Å². The van der Waals surface area contributed by atoms with Crippen LogP contribution in [0.5, 0.6) is 0 Å². The lowest BCUT2D eigenvalue weighted by molar-refractivity contribution is -0.113. The number of hydrogen-bond donors (Lipinski definition) is 1. The molecule has 0 atom stereocenters. The van der Waals surface area contributed by atoms with E-state index in [1.807, 2.05) is 25.1 Å². The molecule has 0 aliphatic heterocycles. The molecule has 0 aromatic carbocycles. The average molecular weight is 162 g/mol. The molecule has 0 aliphatic rings. The molecule has 2 N–H and O–H groups in total. The second kappa shape index (κ2) is 3.67. The Morgan fingerprint density at radius 1 is 1.58 bits per heavy atom. The summed E-state index contributed by atoms with van der Waals surface area (Å²) in [6.45, 7) is 1.89. The Kier molecular flexibility index (Phi) is 2.58. The molecule has 3 heteroatoms. The van der Waals surface area contributed by atoms with Crippen LogP contribution in [0.25, 0.3) is 6.08 Å². The third kappa shape index (κ3) is 2.54. The van der Waals surface area contributed by atoms with Crippen molar-refractivity contribution in [1.29, 1.82) is 0 Å². The molecule has 3 nitrogen and oxygen atoms in total. The SMILES string of the molecule is Cc1cccc(/C=C/C(N)=O)n1. The van der Waals surface area contributed by atoms with Crippen molar-refractivity contribution in [3.05, 3.63) is 35.7 Å². The van der Waals surface area contributed by atoms with Crippen LogP contribution in [-0.4, -0.2) is 10.9 Å². The molecular formula is C9H10N2O. The number of aromatic nitrogens is 1. The van der Waals surface area contributed by atoms with E-state index in [1.54, 1.807) is 6.08 Å². The van der Waals surface area contributed by atoms with Crippen molar-refractivity contribution in [2.24, 2.45) is 5.73 Å². The average Bonchev–Trinajstić information content (AvgIpc) is 2.01. The zero-order chi connectivity index (χ0) is 8.97. The van der Waals surface area contributed by atoms with Gasteiger partial charge in [0.15, 0.2) is 0 Å². The van der Waals surface area contributed by atoms with Gasteiger partial charge in [-0.25, -0.2) is 0 Å². The molecule has 0 fully saturated rings. The standard InChI is InChI=1S/C9H10N2O/c1-7-3-2-4-8(11-7)5-6-9(10)12/h2-6H,1H3,(H2,10,12)/b6-5+. The first kappa shape index (κ1) is 8.46. The van der Waals surface area contributed by atoms with Gasteiger partial charge in [-0.1, -0.05) is 6.07 Å². The predicted octanol–water partition coefficient (Wildman–Crippen LogP) is 0.889. The Labute approximate surface area is 70.9 Å². The molecule has 1 amide bonds. The van der Waals surface area contributed by atoms with E-state index < -0.39 is 5.91 Å². The number of aryl methyl sites for hydroxylation is 1.